The van der Waals surface area contributed by atoms with Crippen molar-refractivity contribution >= 4 is 5.91 Å². The van der Waals surface area contributed by atoms with Crippen LogP contribution in [0, 0.1) is 11.8 Å². The minimum Gasteiger partial charge on any atom is -0.342 e. The summed E-state index contributed by atoms with van der Waals surface area (Å²) >= 11 is 0. The zero-order chi connectivity index (χ0) is 12.0. The normalized spacial score (nSPS) is 19.8. The molecule has 1 heterocycles. The van der Waals surface area contributed by atoms with E-state index in [2.05, 4.69) is 17.1 Å². The van der Waals surface area contributed by atoms with E-state index in [9.17, 15) is 4.79 Å². The molecule has 16 heavy (non-hydrogen) atoms. The Bertz CT molecular complexity index is 210. The Kier molecular flexibility index (Phi) is 5.81. The minimum atomic E-state index is 0.203. The quantitative estimate of drug-likeness (QED) is 0.776. The Morgan fingerprint density at radius 2 is 2.06 bits per heavy atom. The van der Waals surface area contributed by atoms with E-state index in [0.717, 1.165) is 32.0 Å². The molecule has 0 bridgehead atoms. The molecule has 1 unspecified atom stereocenters. The van der Waals surface area contributed by atoms with Gasteiger partial charge < -0.3 is 10.2 Å². The predicted octanol–water partition coefficient (Wildman–Crippen LogP) is 1.88. The molecule has 3 heteroatoms. The maximum absolute atomic E-state index is 12.0. The summed E-state index contributed by atoms with van der Waals surface area (Å²) < 4.78 is 0. The van der Waals surface area contributed by atoms with Gasteiger partial charge in [-0.2, -0.15) is 0 Å². The highest BCUT2D eigenvalue weighted by Crippen LogP contribution is 2.21. The molecule has 94 valence electrons. The summed E-state index contributed by atoms with van der Waals surface area (Å²) in [6, 6.07) is 0. The molecular weight excluding hydrogens is 200 g/mol. The third-order valence-electron chi connectivity index (χ3n) is 3.76. The fourth-order valence-corrected chi connectivity index (χ4v) is 2.28. The van der Waals surface area contributed by atoms with E-state index in [0.29, 0.717) is 5.91 Å². The van der Waals surface area contributed by atoms with Crippen molar-refractivity contribution in [2.75, 3.05) is 26.7 Å². The molecule has 1 atom stereocenters. The number of likely N-dealkylation sites (tertiary alicyclic amines) is 1. The number of hydrogen-bond donors (Lipinski definition) is 1. The van der Waals surface area contributed by atoms with Gasteiger partial charge in [-0.15, -0.1) is 0 Å². The lowest BCUT2D eigenvalue weighted by atomic mass is 9.92. The molecule has 0 aromatic heterocycles. The van der Waals surface area contributed by atoms with Gasteiger partial charge in [-0.1, -0.05) is 13.8 Å². The van der Waals surface area contributed by atoms with Crippen molar-refractivity contribution < 1.29 is 4.79 Å². The summed E-state index contributed by atoms with van der Waals surface area (Å²) in [6.45, 7) is 7.16. The Morgan fingerprint density at radius 3 is 2.56 bits per heavy atom. The van der Waals surface area contributed by atoms with Crippen LogP contribution in [0.5, 0.6) is 0 Å². The van der Waals surface area contributed by atoms with E-state index in [4.69, 9.17) is 0 Å². The van der Waals surface area contributed by atoms with Gasteiger partial charge in [0.1, 0.15) is 0 Å². The van der Waals surface area contributed by atoms with Crippen molar-refractivity contribution in [1.82, 2.24) is 10.2 Å². The van der Waals surface area contributed by atoms with Crippen LogP contribution in [0.4, 0.5) is 0 Å². The van der Waals surface area contributed by atoms with E-state index in [1.165, 1.54) is 19.3 Å². The lowest BCUT2D eigenvalue weighted by molar-refractivity contribution is -0.136. The summed E-state index contributed by atoms with van der Waals surface area (Å²) in [6.07, 6.45) is 4.58. The molecule has 0 spiro atoms. The molecule has 0 aromatic carbocycles. The van der Waals surface area contributed by atoms with Crippen LogP contribution >= 0.6 is 0 Å². The van der Waals surface area contributed by atoms with Crippen molar-refractivity contribution in [2.24, 2.45) is 11.8 Å². The van der Waals surface area contributed by atoms with Gasteiger partial charge in [0.15, 0.2) is 0 Å². The second-order valence-electron chi connectivity index (χ2n) is 4.97. The van der Waals surface area contributed by atoms with Crippen molar-refractivity contribution in [3.8, 4) is 0 Å². The third-order valence-corrected chi connectivity index (χ3v) is 3.76. The first-order valence-electron chi connectivity index (χ1n) is 6.62. The van der Waals surface area contributed by atoms with Crippen molar-refractivity contribution in [2.45, 2.75) is 39.5 Å². The van der Waals surface area contributed by atoms with Gasteiger partial charge in [0.2, 0.25) is 5.91 Å². The minimum absolute atomic E-state index is 0.203. The molecule has 0 radical (unpaired) electrons. The largest absolute Gasteiger partial charge is 0.342 e. The van der Waals surface area contributed by atoms with Gasteiger partial charge in [-0.05, 0) is 45.2 Å². The van der Waals surface area contributed by atoms with Gasteiger partial charge in [0.05, 0.1) is 0 Å². The lowest BCUT2D eigenvalue weighted by Crippen LogP contribution is -2.41. The molecule has 0 saturated carbocycles. The topological polar surface area (TPSA) is 32.3 Å². The highest BCUT2D eigenvalue weighted by Gasteiger charge is 2.24. The van der Waals surface area contributed by atoms with E-state index >= 15 is 0 Å². The van der Waals surface area contributed by atoms with E-state index in [1.807, 2.05) is 14.0 Å². The Labute approximate surface area is 99.6 Å². The zero-order valence-electron chi connectivity index (χ0n) is 11.0. The van der Waals surface area contributed by atoms with Crippen LogP contribution in [-0.2, 0) is 4.79 Å². The van der Waals surface area contributed by atoms with Gasteiger partial charge in [0, 0.05) is 19.0 Å². The molecule has 0 aliphatic carbocycles. The molecule has 1 aliphatic heterocycles. The average Bonchev–Trinajstić information content (AvgIpc) is 2.35. The van der Waals surface area contributed by atoms with Crippen molar-refractivity contribution in [3.63, 3.8) is 0 Å². The first kappa shape index (κ1) is 13.5. The highest BCUT2D eigenvalue weighted by molar-refractivity contribution is 5.78. The van der Waals surface area contributed by atoms with E-state index < -0.39 is 0 Å². The zero-order valence-corrected chi connectivity index (χ0v) is 11.0. The molecule has 1 aliphatic rings. The molecule has 0 aromatic rings. The standard InChI is InChI=1S/C13H26N2O/c1-4-11(2)13(16)15-9-6-12(7-10-15)5-8-14-3/h11-12,14H,4-10H2,1-3H3. The molecule has 1 saturated heterocycles. The maximum atomic E-state index is 12.0. The number of hydrogen-bond acceptors (Lipinski definition) is 2. The monoisotopic (exact) mass is 226 g/mol. The van der Waals surface area contributed by atoms with E-state index in [-0.39, 0.29) is 5.92 Å². The van der Waals surface area contributed by atoms with Crippen molar-refractivity contribution in [3.05, 3.63) is 0 Å². The Balaban J connectivity index is 2.28. The fraction of sp³-hybridized carbons (Fsp3) is 0.923. The van der Waals surface area contributed by atoms with Crippen LogP contribution < -0.4 is 5.32 Å². The summed E-state index contributed by atoms with van der Waals surface area (Å²) in [7, 11) is 2.00. The average molecular weight is 226 g/mol. The molecule has 3 nitrogen and oxygen atoms in total. The summed E-state index contributed by atoms with van der Waals surface area (Å²) in [4.78, 5) is 14.0. The number of carbonyl (C=O) groups excluding carboxylic acids is 1. The van der Waals surface area contributed by atoms with Crippen LogP contribution in [0.15, 0.2) is 0 Å². The number of piperidine rings is 1. The van der Waals surface area contributed by atoms with Gasteiger partial charge in [-0.25, -0.2) is 0 Å². The number of carbonyl (C=O) groups is 1. The van der Waals surface area contributed by atoms with Crippen molar-refractivity contribution in [1.29, 1.82) is 0 Å². The second kappa shape index (κ2) is 6.89. The number of nitrogens with zero attached hydrogens (tertiary/aromatic N) is 1. The summed E-state index contributed by atoms with van der Waals surface area (Å²) in [5.41, 5.74) is 0. The Morgan fingerprint density at radius 1 is 1.44 bits per heavy atom. The summed E-state index contributed by atoms with van der Waals surface area (Å²) in [5, 5.41) is 3.20. The van der Waals surface area contributed by atoms with Crippen LogP contribution in [0.2, 0.25) is 0 Å². The second-order valence-corrected chi connectivity index (χ2v) is 4.97. The third kappa shape index (κ3) is 3.78. The number of amides is 1. The lowest BCUT2D eigenvalue weighted by Gasteiger charge is -2.33. The van der Waals surface area contributed by atoms with Crippen LogP contribution in [0.3, 0.4) is 0 Å². The van der Waals surface area contributed by atoms with Crippen LogP contribution in [0.25, 0.3) is 0 Å². The maximum Gasteiger partial charge on any atom is 0.225 e. The van der Waals surface area contributed by atoms with Gasteiger partial charge in [-0.3, -0.25) is 4.79 Å². The van der Waals surface area contributed by atoms with E-state index in [1.54, 1.807) is 0 Å². The SMILES string of the molecule is CCC(C)C(=O)N1CCC(CCNC)CC1. The number of nitrogens with one attached hydrogen (secondary N) is 1. The first-order chi connectivity index (χ1) is 7.69. The fourth-order valence-electron chi connectivity index (χ4n) is 2.28. The predicted molar refractivity (Wildman–Crippen MR) is 67.3 cm³/mol. The highest BCUT2D eigenvalue weighted by atomic mass is 16.2. The molecule has 1 amide bonds. The van der Waals surface area contributed by atoms with Gasteiger partial charge in [0.25, 0.3) is 0 Å². The molecule has 1 N–H and O–H groups in total. The van der Waals surface area contributed by atoms with Gasteiger partial charge >= 0.3 is 0 Å². The molecule has 1 rings (SSSR count). The van der Waals surface area contributed by atoms with Crippen LogP contribution in [0.1, 0.15) is 39.5 Å². The molecule has 1 fully saturated rings. The van der Waals surface area contributed by atoms with Crippen LogP contribution in [-0.4, -0.2) is 37.5 Å². The summed E-state index contributed by atoms with van der Waals surface area (Å²) in [5.74, 6) is 1.37. The first-order valence-corrected chi connectivity index (χ1v) is 6.62. The Hall–Kier alpha value is -0.570. The smallest absolute Gasteiger partial charge is 0.225 e. The molecular formula is C13H26N2O. The number of rotatable bonds is 5.